The summed E-state index contributed by atoms with van der Waals surface area (Å²) in [5, 5.41) is 20.1. The Labute approximate surface area is 283 Å². The number of piperidine rings is 1. The maximum Gasteiger partial charge on any atom is 0.246 e. The molecule has 2 aromatic rings. The van der Waals surface area contributed by atoms with Crippen LogP contribution < -0.4 is 16.0 Å². The Morgan fingerprint density at radius 3 is 2.34 bits per heavy atom. The molecule has 2 unspecified atom stereocenters. The minimum absolute atomic E-state index is 0.0528. The van der Waals surface area contributed by atoms with Gasteiger partial charge < -0.3 is 30.9 Å². The summed E-state index contributed by atoms with van der Waals surface area (Å²) < 4.78 is 0. The summed E-state index contributed by atoms with van der Waals surface area (Å²) >= 11 is 1.59. The predicted molar refractivity (Wildman–Crippen MR) is 185 cm³/mol. The lowest BCUT2D eigenvalue weighted by Gasteiger charge is -2.37. The summed E-state index contributed by atoms with van der Waals surface area (Å²) in [7, 11) is 0. The summed E-state index contributed by atoms with van der Waals surface area (Å²) in [5.41, 5.74) is 4.24. The van der Waals surface area contributed by atoms with E-state index in [1.54, 1.807) is 11.3 Å². The number of aromatic nitrogens is 1. The van der Waals surface area contributed by atoms with Crippen molar-refractivity contribution in [1.82, 2.24) is 35.6 Å². The molecule has 4 atom stereocenters. The van der Waals surface area contributed by atoms with E-state index in [1.165, 1.54) is 4.90 Å². The average Bonchev–Trinajstić information content (AvgIpc) is 3.66. The van der Waals surface area contributed by atoms with Crippen LogP contribution in [0.5, 0.6) is 0 Å². The molecule has 1 aromatic carbocycles. The molecule has 4 heterocycles. The van der Waals surface area contributed by atoms with E-state index in [1.807, 2.05) is 64.4 Å². The van der Waals surface area contributed by atoms with Crippen molar-refractivity contribution in [2.45, 2.75) is 78.1 Å². The first-order chi connectivity index (χ1) is 22.4. The fourth-order valence-corrected chi connectivity index (χ4v) is 7.82. The molecule has 3 saturated heterocycles. The smallest absolute Gasteiger partial charge is 0.246 e. The number of nitrogens with zero attached hydrogens (tertiary/aromatic N) is 4. The SMILES string of the molecule is Cc1ncsc1-c1ccc(C(C)NC(=O)[C@@H]2C[C@@H](O)CN2C(=O)C(NC(=O)CN2CCC(CN3CCNCC3)CC2)C(C)(C)C)cc1. The molecule has 0 radical (unpaired) electrons. The normalized spacial score (nSPS) is 23.0. The predicted octanol–water partition coefficient (Wildman–Crippen LogP) is 2.41. The van der Waals surface area contributed by atoms with Gasteiger partial charge in [0, 0.05) is 45.7 Å². The Balaban J connectivity index is 1.16. The summed E-state index contributed by atoms with van der Waals surface area (Å²) in [5.74, 6) is -0.192. The van der Waals surface area contributed by atoms with Gasteiger partial charge in [-0.15, -0.1) is 11.3 Å². The number of likely N-dealkylation sites (tertiary alicyclic amines) is 2. The van der Waals surface area contributed by atoms with E-state index < -0.39 is 23.6 Å². The van der Waals surface area contributed by atoms with Crippen molar-refractivity contribution in [2.24, 2.45) is 11.3 Å². The molecule has 1 aromatic heterocycles. The molecule has 5 rings (SSSR count). The van der Waals surface area contributed by atoms with Crippen molar-refractivity contribution in [3.8, 4) is 10.4 Å². The molecule has 4 N–H and O–H groups in total. The van der Waals surface area contributed by atoms with Gasteiger partial charge in [-0.05, 0) is 62.2 Å². The van der Waals surface area contributed by atoms with E-state index in [-0.39, 0.29) is 43.3 Å². The van der Waals surface area contributed by atoms with E-state index in [2.05, 4.69) is 30.7 Å². The molecule has 0 spiro atoms. The van der Waals surface area contributed by atoms with Gasteiger partial charge in [-0.3, -0.25) is 19.3 Å². The van der Waals surface area contributed by atoms with Crippen molar-refractivity contribution in [3.05, 3.63) is 41.0 Å². The standard InChI is InChI=1S/C35H53N7O4S/c1-23(26-6-8-27(9-7-26)31-24(2)37-22-47-31)38-33(45)29-18-28(43)20-42(29)34(46)32(35(3,4)5)39-30(44)21-40-14-10-25(11-15-40)19-41-16-12-36-13-17-41/h6-9,22-23,25,28-29,32,36,43H,10-21H2,1-5H3,(H,38,45)(H,39,44)/t23?,28-,29+,32?/m1/s1. The second kappa shape index (κ2) is 15.5. The van der Waals surface area contributed by atoms with Crippen LogP contribution in [0.4, 0.5) is 0 Å². The second-order valence-corrected chi connectivity index (χ2v) is 15.5. The van der Waals surface area contributed by atoms with Crippen molar-refractivity contribution in [1.29, 1.82) is 0 Å². The zero-order chi connectivity index (χ0) is 33.7. The number of nitrogens with one attached hydrogen (secondary N) is 3. The molecule has 3 amide bonds. The monoisotopic (exact) mass is 667 g/mol. The third-order valence-corrected chi connectivity index (χ3v) is 10.8. The minimum Gasteiger partial charge on any atom is -0.391 e. The molecule has 11 nitrogen and oxygen atoms in total. The number of hydrogen-bond donors (Lipinski definition) is 4. The first-order valence-electron chi connectivity index (χ1n) is 17.1. The number of carbonyl (C=O) groups is 3. The van der Waals surface area contributed by atoms with Crippen molar-refractivity contribution >= 4 is 29.1 Å². The van der Waals surface area contributed by atoms with Gasteiger partial charge in [0.1, 0.15) is 12.1 Å². The molecule has 0 saturated carbocycles. The molecule has 47 heavy (non-hydrogen) atoms. The minimum atomic E-state index is -0.832. The highest BCUT2D eigenvalue weighted by Crippen LogP contribution is 2.30. The van der Waals surface area contributed by atoms with Crippen LogP contribution >= 0.6 is 11.3 Å². The second-order valence-electron chi connectivity index (χ2n) is 14.7. The maximum atomic E-state index is 14.0. The van der Waals surface area contributed by atoms with Crippen LogP contribution in [0.1, 0.15) is 64.3 Å². The number of rotatable bonds is 10. The lowest BCUT2D eigenvalue weighted by molar-refractivity contribution is -0.144. The highest BCUT2D eigenvalue weighted by Gasteiger charge is 2.44. The van der Waals surface area contributed by atoms with Gasteiger partial charge in [0.15, 0.2) is 0 Å². The first-order valence-corrected chi connectivity index (χ1v) is 18.0. The van der Waals surface area contributed by atoms with Crippen LogP contribution in [-0.2, 0) is 14.4 Å². The number of piperazine rings is 1. The summed E-state index contributed by atoms with van der Waals surface area (Å²) in [6.07, 6.45) is 1.47. The van der Waals surface area contributed by atoms with Crippen LogP contribution in [0.25, 0.3) is 10.4 Å². The van der Waals surface area contributed by atoms with E-state index in [0.717, 1.165) is 80.4 Å². The van der Waals surface area contributed by atoms with Crippen LogP contribution in [0, 0.1) is 18.3 Å². The van der Waals surface area contributed by atoms with Gasteiger partial charge in [0.2, 0.25) is 17.7 Å². The molecule has 0 aliphatic carbocycles. The van der Waals surface area contributed by atoms with E-state index in [9.17, 15) is 19.5 Å². The van der Waals surface area contributed by atoms with Crippen molar-refractivity contribution in [2.75, 3.05) is 58.9 Å². The number of thiazole rings is 1. The number of aliphatic hydroxyl groups is 1. The van der Waals surface area contributed by atoms with Gasteiger partial charge in [-0.25, -0.2) is 4.98 Å². The average molecular weight is 668 g/mol. The van der Waals surface area contributed by atoms with Gasteiger partial charge >= 0.3 is 0 Å². The number of hydrogen-bond acceptors (Lipinski definition) is 9. The lowest BCUT2D eigenvalue weighted by atomic mass is 9.85. The molecule has 3 aliphatic rings. The number of β-amino-alcohol motifs (C(OH)–C–C–N with tert-alkyl or cyclic N) is 1. The molecule has 3 aliphatic heterocycles. The van der Waals surface area contributed by atoms with Gasteiger partial charge in [-0.1, -0.05) is 45.0 Å². The first kappa shape index (κ1) is 35.4. The van der Waals surface area contributed by atoms with Gasteiger partial charge in [0.05, 0.1) is 34.8 Å². The van der Waals surface area contributed by atoms with E-state index in [0.29, 0.717) is 5.92 Å². The number of amides is 3. The Morgan fingerprint density at radius 1 is 1.04 bits per heavy atom. The third-order valence-electron chi connectivity index (χ3n) is 9.86. The van der Waals surface area contributed by atoms with Crippen molar-refractivity contribution < 1.29 is 19.5 Å². The number of aliphatic hydroxyl groups excluding tert-OH is 1. The number of benzene rings is 1. The fourth-order valence-electron chi connectivity index (χ4n) is 7.01. The molecule has 12 heteroatoms. The maximum absolute atomic E-state index is 14.0. The van der Waals surface area contributed by atoms with E-state index >= 15 is 0 Å². The highest BCUT2D eigenvalue weighted by atomic mass is 32.1. The Morgan fingerprint density at radius 2 is 1.72 bits per heavy atom. The molecule has 3 fully saturated rings. The summed E-state index contributed by atoms with van der Waals surface area (Å²) in [6.45, 7) is 17.1. The third kappa shape index (κ3) is 9.17. The van der Waals surface area contributed by atoms with Crippen LogP contribution in [0.2, 0.25) is 0 Å². The quantitative estimate of drug-likeness (QED) is 0.304. The zero-order valence-electron chi connectivity index (χ0n) is 28.6. The van der Waals surface area contributed by atoms with Crippen LogP contribution in [0.15, 0.2) is 29.8 Å². The van der Waals surface area contributed by atoms with Gasteiger partial charge in [-0.2, -0.15) is 0 Å². The Hall–Kier alpha value is -2.90. The summed E-state index contributed by atoms with van der Waals surface area (Å²) in [6, 6.07) is 6.09. The topological polar surface area (TPSA) is 130 Å². The molecular weight excluding hydrogens is 614 g/mol. The number of aryl methyl sites for hydroxylation is 1. The fraction of sp³-hybridized carbons (Fsp3) is 0.657. The molecule has 258 valence electrons. The summed E-state index contributed by atoms with van der Waals surface area (Å²) in [4.78, 5) is 52.6. The Bertz CT molecular complexity index is 1360. The van der Waals surface area contributed by atoms with Crippen molar-refractivity contribution in [3.63, 3.8) is 0 Å². The largest absolute Gasteiger partial charge is 0.391 e. The van der Waals surface area contributed by atoms with Gasteiger partial charge in [0.25, 0.3) is 0 Å². The lowest BCUT2D eigenvalue weighted by Crippen LogP contribution is -2.59. The Kier molecular flexibility index (Phi) is 11.7. The molecule has 0 bridgehead atoms. The number of carbonyl (C=O) groups excluding carboxylic acids is 3. The van der Waals surface area contributed by atoms with Crippen LogP contribution in [-0.4, -0.2) is 120 Å². The van der Waals surface area contributed by atoms with Crippen LogP contribution in [0.3, 0.4) is 0 Å². The highest BCUT2D eigenvalue weighted by molar-refractivity contribution is 7.13. The molecular formula is C35H53N7O4S. The zero-order valence-corrected chi connectivity index (χ0v) is 29.4. The van der Waals surface area contributed by atoms with E-state index in [4.69, 9.17) is 0 Å².